The van der Waals surface area contributed by atoms with Gasteiger partial charge >= 0.3 is 6.18 Å². The van der Waals surface area contributed by atoms with Crippen LogP contribution in [-0.4, -0.2) is 37.7 Å². The summed E-state index contributed by atoms with van der Waals surface area (Å²) in [6.07, 6.45) is -4.11. The summed E-state index contributed by atoms with van der Waals surface area (Å²) < 4.78 is 40.3. The van der Waals surface area contributed by atoms with E-state index < -0.39 is 12.8 Å². The lowest BCUT2D eigenvalue weighted by Gasteiger charge is -2.08. The Hall–Kier alpha value is -2.10. The number of nitrogens with one attached hydrogen (secondary N) is 2. The van der Waals surface area contributed by atoms with Gasteiger partial charge in [0.1, 0.15) is 6.61 Å². The first-order chi connectivity index (χ1) is 13.2. The number of thiophene rings is 1. The van der Waals surface area contributed by atoms with Crippen molar-refractivity contribution in [3.8, 4) is 0 Å². The van der Waals surface area contributed by atoms with Gasteiger partial charge in [0.05, 0.1) is 20.5 Å². The van der Waals surface area contributed by atoms with E-state index in [9.17, 15) is 22.8 Å². The molecule has 0 fully saturated rings. The third-order valence-corrected chi connectivity index (χ3v) is 4.98. The van der Waals surface area contributed by atoms with Crippen molar-refractivity contribution < 1.29 is 27.5 Å². The summed E-state index contributed by atoms with van der Waals surface area (Å²) in [4.78, 5) is 24.9. The van der Waals surface area contributed by atoms with Crippen molar-refractivity contribution in [1.82, 2.24) is 5.32 Å². The number of benzene rings is 1. The average Bonchev–Trinajstić information content (AvgIpc) is 2.97. The highest BCUT2D eigenvalue weighted by atomic mass is 35.5. The number of ether oxygens (including phenoxy) is 1. The maximum absolute atomic E-state index is 12.3. The standard InChI is InChI=1S/C18H18ClF3N2O3S/c1-11-9-14(24-16(25)12-5-2-3-6-13(12)19)28-15(11)17(26)23-7-4-8-27-10-18(20,21)22/h2-3,5-6,9H,4,7-8,10H2,1H3,(H,23,26)(H,24,25). The molecular weight excluding hydrogens is 417 g/mol. The Bertz CT molecular complexity index is 840. The summed E-state index contributed by atoms with van der Waals surface area (Å²) in [5.41, 5.74) is 0.991. The number of hydrogen-bond acceptors (Lipinski definition) is 4. The van der Waals surface area contributed by atoms with E-state index in [1.54, 1.807) is 37.3 Å². The highest BCUT2D eigenvalue weighted by molar-refractivity contribution is 7.18. The minimum atomic E-state index is -4.36. The van der Waals surface area contributed by atoms with E-state index in [1.807, 2.05) is 0 Å². The minimum absolute atomic E-state index is 0.109. The molecule has 2 aromatic rings. The van der Waals surface area contributed by atoms with Gasteiger partial charge in [0.2, 0.25) is 0 Å². The number of amides is 2. The monoisotopic (exact) mass is 434 g/mol. The van der Waals surface area contributed by atoms with E-state index in [0.29, 0.717) is 26.0 Å². The SMILES string of the molecule is Cc1cc(NC(=O)c2ccccc2Cl)sc1C(=O)NCCCOCC(F)(F)F. The number of halogens is 4. The van der Waals surface area contributed by atoms with Crippen molar-refractivity contribution in [2.45, 2.75) is 19.5 Å². The number of hydrogen-bond donors (Lipinski definition) is 2. The second-order valence-corrected chi connectivity index (χ2v) is 7.29. The zero-order valence-electron chi connectivity index (χ0n) is 14.9. The van der Waals surface area contributed by atoms with Gasteiger partial charge < -0.3 is 15.4 Å². The van der Waals surface area contributed by atoms with E-state index in [2.05, 4.69) is 15.4 Å². The minimum Gasteiger partial charge on any atom is -0.372 e. The second-order valence-electron chi connectivity index (χ2n) is 5.83. The van der Waals surface area contributed by atoms with E-state index >= 15 is 0 Å². The van der Waals surface area contributed by atoms with Crippen LogP contribution in [0, 0.1) is 6.92 Å². The van der Waals surface area contributed by atoms with Crippen molar-refractivity contribution in [2.75, 3.05) is 25.1 Å². The molecule has 10 heteroatoms. The molecule has 0 atom stereocenters. The van der Waals surface area contributed by atoms with Gasteiger partial charge in [0, 0.05) is 13.2 Å². The van der Waals surface area contributed by atoms with Gasteiger partial charge in [-0.25, -0.2) is 0 Å². The van der Waals surface area contributed by atoms with Crippen LogP contribution in [0.25, 0.3) is 0 Å². The Morgan fingerprint density at radius 3 is 2.61 bits per heavy atom. The van der Waals surface area contributed by atoms with Crippen LogP contribution in [0.15, 0.2) is 30.3 Å². The smallest absolute Gasteiger partial charge is 0.372 e. The molecule has 28 heavy (non-hydrogen) atoms. The molecule has 1 aromatic carbocycles. The Morgan fingerprint density at radius 2 is 1.93 bits per heavy atom. The molecule has 1 heterocycles. The molecule has 0 aliphatic heterocycles. The molecule has 5 nitrogen and oxygen atoms in total. The fourth-order valence-electron chi connectivity index (χ4n) is 2.24. The maximum Gasteiger partial charge on any atom is 0.411 e. The molecule has 0 radical (unpaired) electrons. The molecule has 2 rings (SSSR count). The summed E-state index contributed by atoms with van der Waals surface area (Å²) in [6.45, 7) is 0.486. The van der Waals surface area contributed by atoms with Crippen LogP contribution < -0.4 is 10.6 Å². The van der Waals surface area contributed by atoms with Crippen molar-refractivity contribution >= 4 is 39.8 Å². The third kappa shape index (κ3) is 6.81. The predicted octanol–water partition coefficient (Wildman–Crippen LogP) is 4.66. The van der Waals surface area contributed by atoms with Crippen LogP contribution in [0.3, 0.4) is 0 Å². The third-order valence-electron chi connectivity index (χ3n) is 3.50. The lowest BCUT2D eigenvalue weighted by atomic mass is 10.2. The topological polar surface area (TPSA) is 67.4 Å². The molecule has 0 unspecified atom stereocenters. The van der Waals surface area contributed by atoms with Gasteiger partial charge in [-0.1, -0.05) is 23.7 Å². The fourth-order valence-corrected chi connectivity index (χ4v) is 3.44. The van der Waals surface area contributed by atoms with Crippen molar-refractivity contribution in [3.05, 3.63) is 51.4 Å². The lowest BCUT2D eigenvalue weighted by molar-refractivity contribution is -0.173. The summed E-state index contributed by atoms with van der Waals surface area (Å²) in [5, 5.41) is 6.13. The van der Waals surface area contributed by atoms with Crippen LogP contribution in [0.5, 0.6) is 0 Å². The number of alkyl halides is 3. The molecule has 152 valence electrons. The Morgan fingerprint density at radius 1 is 1.21 bits per heavy atom. The molecule has 2 amide bonds. The van der Waals surface area contributed by atoms with E-state index in [0.717, 1.165) is 11.3 Å². The van der Waals surface area contributed by atoms with Crippen molar-refractivity contribution in [3.63, 3.8) is 0 Å². The number of carbonyl (C=O) groups is 2. The molecule has 0 bridgehead atoms. The van der Waals surface area contributed by atoms with Gasteiger partial charge in [-0.3, -0.25) is 9.59 Å². The average molecular weight is 435 g/mol. The van der Waals surface area contributed by atoms with Gasteiger partial charge in [-0.05, 0) is 37.1 Å². The molecule has 0 aliphatic rings. The maximum atomic E-state index is 12.3. The summed E-state index contributed by atoms with van der Waals surface area (Å²) in [7, 11) is 0. The normalized spacial score (nSPS) is 11.3. The van der Waals surface area contributed by atoms with Crippen LogP contribution in [0.4, 0.5) is 18.2 Å². The highest BCUT2D eigenvalue weighted by Gasteiger charge is 2.27. The van der Waals surface area contributed by atoms with Crippen LogP contribution in [-0.2, 0) is 4.74 Å². The first-order valence-corrected chi connectivity index (χ1v) is 9.46. The quantitative estimate of drug-likeness (QED) is 0.594. The number of rotatable bonds is 8. The zero-order valence-corrected chi connectivity index (χ0v) is 16.4. The van der Waals surface area contributed by atoms with Crippen LogP contribution in [0.2, 0.25) is 5.02 Å². The van der Waals surface area contributed by atoms with Gasteiger partial charge in [0.25, 0.3) is 11.8 Å². The van der Waals surface area contributed by atoms with E-state index in [4.69, 9.17) is 11.6 Å². The summed E-state index contributed by atoms with van der Waals surface area (Å²) in [5.74, 6) is -0.753. The first-order valence-electron chi connectivity index (χ1n) is 8.26. The molecule has 0 saturated carbocycles. The van der Waals surface area contributed by atoms with Gasteiger partial charge in [-0.2, -0.15) is 13.2 Å². The van der Waals surface area contributed by atoms with Crippen molar-refractivity contribution in [2.24, 2.45) is 0 Å². The fraction of sp³-hybridized carbons (Fsp3) is 0.333. The summed E-state index contributed by atoms with van der Waals surface area (Å²) >= 11 is 7.10. The molecular formula is C18H18ClF3N2O3S. The largest absolute Gasteiger partial charge is 0.411 e. The zero-order chi connectivity index (χ0) is 20.7. The number of aryl methyl sites for hydroxylation is 1. The van der Waals surface area contributed by atoms with E-state index in [1.165, 1.54) is 0 Å². The molecule has 0 aliphatic carbocycles. The predicted molar refractivity (Wildman–Crippen MR) is 102 cm³/mol. The number of carbonyl (C=O) groups excluding carboxylic acids is 2. The Kier molecular flexibility index (Phi) is 7.85. The second kappa shape index (κ2) is 9.90. The van der Waals surface area contributed by atoms with Crippen LogP contribution >= 0.6 is 22.9 Å². The summed E-state index contributed by atoms with van der Waals surface area (Å²) in [6, 6.07) is 8.27. The molecule has 1 aromatic heterocycles. The first kappa shape index (κ1) is 22.2. The number of anilines is 1. The van der Waals surface area contributed by atoms with Gasteiger partial charge in [0.15, 0.2) is 0 Å². The molecule has 0 spiro atoms. The van der Waals surface area contributed by atoms with Gasteiger partial charge in [-0.15, -0.1) is 11.3 Å². The van der Waals surface area contributed by atoms with Crippen LogP contribution in [0.1, 0.15) is 32.0 Å². The van der Waals surface area contributed by atoms with Crippen molar-refractivity contribution in [1.29, 1.82) is 0 Å². The Labute approximate surface area is 168 Å². The van der Waals surface area contributed by atoms with E-state index in [-0.39, 0.29) is 31.4 Å². The molecule has 2 N–H and O–H groups in total. The molecule has 0 saturated heterocycles. The lowest BCUT2D eigenvalue weighted by Crippen LogP contribution is -2.25. The highest BCUT2D eigenvalue weighted by Crippen LogP contribution is 2.27. The Balaban J connectivity index is 1.85.